The van der Waals surface area contributed by atoms with Crippen LogP contribution in [0.15, 0.2) is 22.7 Å². The summed E-state index contributed by atoms with van der Waals surface area (Å²) >= 11 is 1.58. The van der Waals surface area contributed by atoms with E-state index in [1.807, 2.05) is 6.26 Å². The number of thioether (sulfide) groups is 1. The smallest absolute Gasteiger partial charge is 0.260 e. The van der Waals surface area contributed by atoms with Crippen molar-refractivity contribution in [3.05, 3.63) is 29.8 Å². The number of anilines is 1. The number of nitrogens with zero attached hydrogens (tertiary/aromatic N) is 2. The lowest BCUT2D eigenvalue weighted by atomic mass is 10.2. The first-order valence-corrected chi connectivity index (χ1v) is 5.97. The largest absolute Gasteiger partial charge is 0.398 e. The Morgan fingerprint density at radius 1 is 1.50 bits per heavy atom. The minimum absolute atomic E-state index is 0.251. The number of hydrogen-bond acceptors (Lipinski definition) is 5. The Morgan fingerprint density at radius 2 is 2.31 bits per heavy atom. The van der Waals surface area contributed by atoms with Crippen molar-refractivity contribution >= 4 is 17.4 Å². The van der Waals surface area contributed by atoms with E-state index in [1.54, 1.807) is 11.8 Å². The number of halogens is 1. The van der Waals surface area contributed by atoms with Crippen LogP contribution in [-0.4, -0.2) is 16.4 Å². The fourth-order valence-electron chi connectivity index (χ4n) is 1.26. The van der Waals surface area contributed by atoms with Crippen molar-refractivity contribution in [1.82, 2.24) is 10.1 Å². The maximum Gasteiger partial charge on any atom is 0.260 e. The highest BCUT2D eigenvalue weighted by Crippen LogP contribution is 2.25. The van der Waals surface area contributed by atoms with Crippen molar-refractivity contribution in [2.24, 2.45) is 0 Å². The van der Waals surface area contributed by atoms with Gasteiger partial charge in [0.25, 0.3) is 5.89 Å². The summed E-state index contributed by atoms with van der Waals surface area (Å²) in [4.78, 5) is 4.13. The lowest BCUT2D eigenvalue weighted by Gasteiger charge is -1.99. The summed E-state index contributed by atoms with van der Waals surface area (Å²) in [5.74, 6) is 1.10. The van der Waals surface area contributed by atoms with Gasteiger partial charge in [0.15, 0.2) is 5.82 Å². The summed E-state index contributed by atoms with van der Waals surface area (Å²) in [6, 6.07) is 4.05. The topological polar surface area (TPSA) is 64.9 Å². The molecule has 0 saturated carbocycles. The highest BCUT2D eigenvalue weighted by molar-refractivity contribution is 7.97. The number of benzene rings is 1. The molecule has 0 spiro atoms. The Balaban J connectivity index is 2.38. The summed E-state index contributed by atoms with van der Waals surface area (Å²) in [5, 5.41) is 3.77. The molecule has 0 aliphatic rings. The molecule has 1 heterocycles. The molecule has 0 saturated heterocycles. The SMILES string of the molecule is CSCc1noc(-c2cc(F)ccc2N)n1. The van der Waals surface area contributed by atoms with E-state index in [2.05, 4.69) is 10.1 Å². The van der Waals surface area contributed by atoms with Crippen LogP contribution in [0.5, 0.6) is 0 Å². The second kappa shape index (κ2) is 4.52. The molecule has 0 aliphatic heterocycles. The van der Waals surface area contributed by atoms with Gasteiger partial charge >= 0.3 is 0 Å². The van der Waals surface area contributed by atoms with Gasteiger partial charge in [-0.25, -0.2) is 4.39 Å². The number of rotatable bonds is 3. The van der Waals surface area contributed by atoms with Crippen molar-refractivity contribution in [3.63, 3.8) is 0 Å². The number of nitrogens with two attached hydrogens (primary N) is 1. The Hall–Kier alpha value is -1.56. The van der Waals surface area contributed by atoms with Crippen molar-refractivity contribution in [2.75, 3.05) is 12.0 Å². The lowest BCUT2D eigenvalue weighted by molar-refractivity contribution is 0.425. The summed E-state index contributed by atoms with van der Waals surface area (Å²) in [7, 11) is 0. The van der Waals surface area contributed by atoms with Gasteiger partial charge in [-0.05, 0) is 24.5 Å². The Bertz CT molecular complexity index is 501. The van der Waals surface area contributed by atoms with Gasteiger partial charge in [0.2, 0.25) is 0 Å². The summed E-state index contributed by atoms with van der Waals surface area (Å²) in [5.41, 5.74) is 6.55. The van der Waals surface area contributed by atoms with Gasteiger partial charge in [0.05, 0.1) is 11.3 Å². The molecular weight excluding hydrogens is 229 g/mol. The van der Waals surface area contributed by atoms with Gasteiger partial charge in [-0.3, -0.25) is 0 Å². The molecular formula is C10H10FN3OS. The van der Waals surface area contributed by atoms with E-state index in [0.717, 1.165) is 0 Å². The van der Waals surface area contributed by atoms with Crippen molar-refractivity contribution in [3.8, 4) is 11.5 Å². The second-order valence-electron chi connectivity index (χ2n) is 3.18. The average Bonchev–Trinajstić information content (AvgIpc) is 2.71. The third-order valence-electron chi connectivity index (χ3n) is 1.99. The van der Waals surface area contributed by atoms with E-state index in [0.29, 0.717) is 22.8 Å². The highest BCUT2D eigenvalue weighted by atomic mass is 32.2. The molecule has 84 valence electrons. The second-order valence-corrected chi connectivity index (χ2v) is 4.05. The zero-order valence-electron chi connectivity index (χ0n) is 8.61. The first-order chi connectivity index (χ1) is 7.70. The summed E-state index contributed by atoms with van der Waals surface area (Å²) in [6.45, 7) is 0. The van der Waals surface area contributed by atoms with E-state index < -0.39 is 0 Å². The summed E-state index contributed by atoms with van der Waals surface area (Å²) in [6.07, 6.45) is 1.94. The van der Waals surface area contributed by atoms with Gasteiger partial charge < -0.3 is 10.3 Å². The molecule has 16 heavy (non-hydrogen) atoms. The van der Waals surface area contributed by atoms with Crippen LogP contribution in [0, 0.1) is 5.82 Å². The van der Waals surface area contributed by atoms with E-state index in [9.17, 15) is 4.39 Å². The molecule has 4 nitrogen and oxygen atoms in total. The van der Waals surface area contributed by atoms with Crippen LogP contribution in [-0.2, 0) is 5.75 Å². The highest BCUT2D eigenvalue weighted by Gasteiger charge is 2.12. The zero-order chi connectivity index (χ0) is 11.5. The van der Waals surface area contributed by atoms with Crippen LogP contribution >= 0.6 is 11.8 Å². The maximum atomic E-state index is 13.0. The maximum absolute atomic E-state index is 13.0. The first-order valence-electron chi connectivity index (χ1n) is 4.57. The van der Waals surface area contributed by atoms with Crippen LogP contribution in [0.4, 0.5) is 10.1 Å². The van der Waals surface area contributed by atoms with E-state index >= 15 is 0 Å². The van der Waals surface area contributed by atoms with Crippen LogP contribution < -0.4 is 5.73 Å². The molecule has 6 heteroatoms. The molecule has 0 aliphatic carbocycles. The quantitative estimate of drug-likeness (QED) is 0.833. The molecule has 0 unspecified atom stereocenters. The van der Waals surface area contributed by atoms with E-state index in [-0.39, 0.29) is 11.7 Å². The molecule has 2 N–H and O–H groups in total. The van der Waals surface area contributed by atoms with Gasteiger partial charge in [-0.1, -0.05) is 5.16 Å². The predicted molar refractivity (Wildman–Crippen MR) is 61.3 cm³/mol. The van der Waals surface area contributed by atoms with Gasteiger partial charge in [0.1, 0.15) is 5.82 Å². The molecule has 1 aromatic carbocycles. The van der Waals surface area contributed by atoms with E-state index in [1.165, 1.54) is 18.2 Å². The average molecular weight is 239 g/mol. The molecule has 2 rings (SSSR count). The molecule has 2 aromatic rings. The lowest BCUT2D eigenvalue weighted by Crippen LogP contribution is -1.91. The molecule has 0 atom stereocenters. The van der Waals surface area contributed by atoms with Crippen LogP contribution in [0.2, 0.25) is 0 Å². The Labute approximate surface area is 96.0 Å². The molecule has 0 bridgehead atoms. The predicted octanol–water partition coefficient (Wildman–Crippen LogP) is 2.32. The third-order valence-corrected chi connectivity index (χ3v) is 2.53. The monoisotopic (exact) mass is 239 g/mol. The fraction of sp³-hybridized carbons (Fsp3) is 0.200. The zero-order valence-corrected chi connectivity index (χ0v) is 9.42. The van der Waals surface area contributed by atoms with Crippen molar-refractivity contribution in [1.29, 1.82) is 0 Å². The molecule has 0 radical (unpaired) electrons. The van der Waals surface area contributed by atoms with Gasteiger partial charge in [-0.15, -0.1) is 0 Å². The number of nitrogen functional groups attached to an aromatic ring is 1. The summed E-state index contributed by atoms with van der Waals surface area (Å²) < 4.78 is 18.1. The molecule has 0 fully saturated rings. The third kappa shape index (κ3) is 2.16. The number of hydrogen-bond donors (Lipinski definition) is 1. The Morgan fingerprint density at radius 3 is 3.06 bits per heavy atom. The first kappa shape index (κ1) is 10.9. The van der Waals surface area contributed by atoms with Crippen LogP contribution in [0.1, 0.15) is 5.82 Å². The van der Waals surface area contributed by atoms with Crippen LogP contribution in [0.25, 0.3) is 11.5 Å². The number of aromatic nitrogens is 2. The standard InChI is InChI=1S/C10H10FN3OS/c1-16-5-9-13-10(15-14-9)7-4-6(11)2-3-8(7)12/h2-4H,5,12H2,1H3. The van der Waals surface area contributed by atoms with Gasteiger partial charge in [-0.2, -0.15) is 16.7 Å². The minimum atomic E-state index is -0.381. The molecule has 1 aromatic heterocycles. The Kier molecular flexibility index (Phi) is 3.09. The van der Waals surface area contributed by atoms with E-state index in [4.69, 9.17) is 10.3 Å². The van der Waals surface area contributed by atoms with Crippen molar-refractivity contribution < 1.29 is 8.91 Å². The van der Waals surface area contributed by atoms with Gasteiger partial charge in [0, 0.05) is 5.69 Å². The fourth-order valence-corrected chi connectivity index (χ4v) is 1.64. The normalized spacial score (nSPS) is 10.6. The van der Waals surface area contributed by atoms with Crippen molar-refractivity contribution in [2.45, 2.75) is 5.75 Å². The van der Waals surface area contributed by atoms with Crippen LogP contribution in [0.3, 0.4) is 0 Å². The molecule has 0 amide bonds. The minimum Gasteiger partial charge on any atom is -0.398 e.